The summed E-state index contributed by atoms with van der Waals surface area (Å²) in [7, 11) is -3.25. The van der Waals surface area contributed by atoms with Crippen LogP contribution in [0.1, 0.15) is 45.2 Å². The number of aromatic nitrogens is 1. The van der Waals surface area contributed by atoms with Gasteiger partial charge in [0.15, 0.2) is 0 Å². The van der Waals surface area contributed by atoms with Crippen molar-refractivity contribution in [3.63, 3.8) is 0 Å². The van der Waals surface area contributed by atoms with Gasteiger partial charge in [0.2, 0.25) is 0 Å². The minimum Gasteiger partial charge on any atom is -0.467 e. The highest BCUT2D eigenvalue weighted by atomic mass is 31.2. The maximum Gasteiger partial charge on any atom is 0.344 e. The third-order valence-corrected chi connectivity index (χ3v) is 5.76. The first-order valence-electron chi connectivity index (χ1n) is 9.05. The van der Waals surface area contributed by atoms with Crippen LogP contribution in [0.15, 0.2) is 47.2 Å². The maximum atomic E-state index is 13.2. The lowest BCUT2D eigenvalue weighted by Gasteiger charge is -2.33. The van der Waals surface area contributed by atoms with E-state index in [-0.39, 0.29) is 12.3 Å². The maximum absolute atomic E-state index is 13.2. The van der Waals surface area contributed by atoms with Crippen LogP contribution in [0, 0.1) is 5.92 Å². The van der Waals surface area contributed by atoms with Gasteiger partial charge < -0.3 is 13.5 Å². The second kappa shape index (κ2) is 10.0. The Morgan fingerprint density at radius 1 is 1.15 bits per heavy atom. The number of furan rings is 1. The highest BCUT2D eigenvalue weighted by Gasteiger charge is 2.34. The molecule has 0 spiro atoms. The molecular weight excluding hydrogens is 351 g/mol. The van der Waals surface area contributed by atoms with Crippen LogP contribution in [0.4, 0.5) is 0 Å². The second-order valence-corrected chi connectivity index (χ2v) is 8.45. The summed E-state index contributed by atoms with van der Waals surface area (Å²) in [6.45, 7) is 9.26. The van der Waals surface area contributed by atoms with Crippen molar-refractivity contribution in [1.82, 2.24) is 9.88 Å². The average molecular weight is 380 g/mol. The molecule has 26 heavy (non-hydrogen) atoms. The molecular formula is C19H29N2O4P. The van der Waals surface area contributed by atoms with E-state index in [1.54, 1.807) is 12.5 Å². The van der Waals surface area contributed by atoms with Crippen molar-refractivity contribution in [2.75, 3.05) is 26.0 Å². The number of hydrogen-bond donors (Lipinski definition) is 0. The monoisotopic (exact) mass is 380 g/mol. The van der Waals surface area contributed by atoms with Gasteiger partial charge in [0.25, 0.3) is 0 Å². The third kappa shape index (κ3) is 5.78. The largest absolute Gasteiger partial charge is 0.467 e. The average Bonchev–Trinajstić information content (AvgIpc) is 3.10. The molecule has 0 aliphatic rings. The normalized spacial score (nSPS) is 13.5. The number of hydrogen-bond acceptors (Lipinski definition) is 6. The van der Waals surface area contributed by atoms with Crippen LogP contribution in [0.3, 0.4) is 0 Å². The molecule has 0 saturated carbocycles. The molecule has 0 fully saturated rings. The van der Waals surface area contributed by atoms with Crippen molar-refractivity contribution in [3.05, 3.63) is 54.2 Å². The van der Waals surface area contributed by atoms with Crippen molar-refractivity contribution in [2.45, 2.75) is 33.7 Å². The molecule has 144 valence electrons. The van der Waals surface area contributed by atoms with Gasteiger partial charge >= 0.3 is 7.60 Å². The summed E-state index contributed by atoms with van der Waals surface area (Å²) in [5.41, 5.74) is 0.836. The van der Waals surface area contributed by atoms with E-state index in [9.17, 15) is 4.57 Å². The smallest absolute Gasteiger partial charge is 0.344 e. The summed E-state index contributed by atoms with van der Waals surface area (Å²) in [6, 6.07) is 9.27. The van der Waals surface area contributed by atoms with E-state index in [2.05, 4.69) is 23.7 Å². The lowest BCUT2D eigenvalue weighted by molar-refractivity contribution is 0.163. The van der Waals surface area contributed by atoms with Crippen molar-refractivity contribution >= 4 is 7.60 Å². The van der Waals surface area contributed by atoms with Crippen LogP contribution >= 0.6 is 7.60 Å². The molecule has 1 unspecified atom stereocenters. The van der Waals surface area contributed by atoms with Gasteiger partial charge in [0, 0.05) is 12.7 Å². The fraction of sp³-hybridized carbons (Fsp3) is 0.526. The van der Waals surface area contributed by atoms with Crippen LogP contribution in [0.2, 0.25) is 0 Å². The lowest BCUT2D eigenvalue weighted by Crippen LogP contribution is -2.34. The Hall–Kier alpha value is -1.46. The predicted molar refractivity (Wildman–Crippen MR) is 102 cm³/mol. The Labute approximate surface area is 156 Å². The Morgan fingerprint density at radius 3 is 2.38 bits per heavy atom. The number of nitrogens with zero attached hydrogens (tertiary/aromatic N) is 2. The molecule has 0 saturated heterocycles. The molecule has 0 N–H and O–H groups in total. The van der Waals surface area contributed by atoms with E-state index in [1.807, 2.05) is 44.2 Å². The van der Waals surface area contributed by atoms with Crippen LogP contribution in [-0.4, -0.2) is 35.9 Å². The Morgan fingerprint density at radius 2 is 1.88 bits per heavy atom. The van der Waals surface area contributed by atoms with Crippen LogP contribution < -0.4 is 0 Å². The molecule has 0 aliphatic heterocycles. The summed E-state index contributed by atoms with van der Waals surface area (Å²) < 4.78 is 29.9. The van der Waals surface area contributed by atoms with Gasteiger partial charge in [-0.3, -0.25) is 14.4 Å². The van der Waals surface area contributed by atoms with Crippen molar-refractivity contribution in [2.24, 2.45) is 5.92 Å². The lowest BCUT2D eigenvalue weighted by atomic mass is 10.1. The molecule has 0 bridgehead atoms. The standard InChI is InChI=1S/C19H29N2O4P/c1-5-24-26(22,25-6-2)15-21(14-16(3)4)19(18-11-9-13-23-18)17-10-7-8-12-20-17/h7-13,16,19H,5-6,14-15H2,1-4H3. The zero-order valence-electron chi connectivity index (χ0n) is 16.0. The van der Waals surface area contributed by atoms with E-state index in [4.69, 9.17) is 13.5 Å². The molecule has 2 aromatic heterocycles. The van der Waals surface area contributed by atoms with Gasteiger partial charge in [0.05, 0.1) is 25.2 Å². The van der Waals surface area contributed by atoms with Gasteiger partial charge in [0.1, 0.15) is 18.1 Å². The van der Waals surface area contributed by atoms with E-state index < -0.39 is 7.60 Å². The summed E-state index contributed by atoms with van der Waals surface area (Å²) in [5, 5.41) is 0. The van der Waals surface area contributed by atoms with Crippen LogP contribution in [0.25, 0.3) is 0 Å². The highest BCUT2D eigenvalue weighted by molar-refractivity contribution is 7.53. The van der Waals surface area contributed by atoms with E-state index >= 15 is 0 Å². The number of rotatable bonds is 11. The molecule has 0 aliphatic carbocycles. The zero-order chi connectivity index (χ0) is 19.0. The molecule has 0 radical (unpaired) electrons. The first-order chi connectivity index (χ1) is 12.5. The summed E-state index contributed by atoms with van der Waals surface area (Å²) >= 11 is 0. The SMILES string of the molecule is CCOP(=O)(CN(CC(C)C)C(c1ccccn1)c1ccco1)OCC. The Balaban J connectivity index is 2.41. The Kier molecular flexibility index (Phi) is 8.04. The molecule has 0 aromatic carbocycles. The van der Waals surface area contributed by atoms with Gasteiger partial charge in [-0.25, -0.2) is 0 Å². The van der Waals surface area contributed by atoms with E-state index in [1.165, 1.54) is 0 Å². The molecule has 2 rings (SSSR count). The first-order valence-corrected chi connectivity index (χ1v) is 10.8. The van der Waals surface area contributed by atoms with Crippen molar-refractivity contribution < 1.29 is 18.0 Å². The Bertz CT molecular complexity index is 666. The van der Waals surface area contributed by atoms with E-state index in [0.29, 0.717) is 25.7 Å². The quantitative estimate of drug-likeness (QED) is 0.514. The first kappa shape index (κ1) is 20.8. The topological polar surface area (TPSA) is 64.8 Å². The summed E-state index contributed by atoms with van der Waals surface area (Å²) in [5.74, 6) is 1.11. The molecule has 2 aromatic rings. The van der Waals surface area contributed by atoms with Crippen molar-refractivity contribution in [3.8, 4) is 0 Å². The van der Waals surface area contributed by atoms with Gasteiger partial charge in [-0.1, -0.05) is 19.9 Å². The fourth-order valence-electron chi connectivity index (χ4n) is 2.95. The summed E-state index contributed by atoms with van der Waals surface area (Å²) in [4.78, 5) is 6.59. The molecule has 7 heteroatoms. The zero-order valence-corrected chi connectivity index (χ0v) is 16.9. The van der Waals surface area contributed by atoms with Gasteiger partial charge in [-0.15, -0.1) is 0 Å². The van der Waals surface area contributed by atoms with Crippen molar-refractivity contribution in [1.29, 1.82) is 0 Å². The number of pyridine rings is 1. The predicted octanol–water partition coefficient (Wildman–Crippen LogP) is 4.95. The van der Waals surface area contributed by atoms with Gasteiger partial charge in [-0.05, 0) is 44.0 Å². The second-order valence-electron chi connectivity index (χ2n) is 6.43. The molecule has 1 atom stereocenters. The summed E-state index contributed by atoms with van der Waals surface area (Å²) in [6.07, 6.45) is 3.57. The van der Waals surface area contributed by atoms with Crippen LogP contribution in [-0.2, 0) is 13.6 Å². The minimum atomic E-state index is -3.25. The molecule has 0 amide bonds. The molecule has 6 nitrogen and oxygen atoms in total. The third-order valence-electron chi connectivity index (χ3n) is 3.75. The van der Waals surface area contributed by atoms with Crippen LogP contribution in [0.5, 0.6) is 0 Å². The minimum absolute atomic E-state index is 0.175. The molecule has 2 heterocycles. The highest BCUT2D eigenvalue weighted by Crippen LogP contribution is 2.50. The van der Waals surface area contributed by atoms with E-state index in [0.717, 1.165) is 11.5 Å². The fourth-order valence-corrected chi connectivity index (χ4v) is 4.69. The van der Waals surface area contributed by atoms with Gasteiger partial charge in [-0.2, -0.15) is 0 Å².